The number of fused-ring (bicyclic) bond motifs is 2. The number of thiophene rings is 1. The predicted molar refractivity (Wildman–Crippen MR) is 100 cm³/mol. The molecule has 27 heavy (non-hydrogen) atoms. The van der Waals surface area contributed by atoms with Crippen LogP contribution in [0, 0.1) is 0 Å². The number of cyclic esters (lactones) is 1. The van der Waals surface area contributed by atoms with Gasteiger partial charge >= 0.3 is 11.9 Å². The average molecular weight is 385 g/mol. The zero-order chi connectivity index (χ0) is 19.0. The van der Waals surface area contributed by atoms with Crippen LogP contribution in [0.25, 0.3) is 0 Å². The largest absolute Gasteiger partial charge is 0.465 e. The van der Waals surface area contributed by atoms with Crippen molar-refractivity contribution in [2.24, 2.45) is 0 Å². The third kappa shape index (κ3) is 3.23. The normalized spacial score (nSPS) is 18.1. The van der Waals surface area contributed by atoms with Crippen LogP contribution in [0.15, 0.2) is 24.3 Å². The molecular weight excluding hydrogens is 366 g/mol. The van der Waals surface area contributed by atoms with E-state index in [0.717, 1.165) is 41.7 Å². The van der Waals surface area contributed by atoms with Crippen LogP contribution in [0.2, 0.25) is 0 Å². The van der Waals surface area contributed by atoms with Gasteiger partial charge in [-0.1, -0.05) is 18.2 Å². The maximum Gasteiger partial charge on any atom is 0.341 e. The van der Waals surface area contributed by atoms with Crippen molar-refractivity contribution in [3.8, 4) is 0 Å². The van der Waals surface area contributed by atoms with Crippen molar-refractivity contribution < 1.29 is 23.9 Å². The number of aryl methyl sites for hydroxylation is 1. The number of ether oxygens (including phenoxy) is 2. The maximum absolute atomic E-state index is 12.8. The third-order valence-electron chi connectivity index (χ3n) is 4.98. The van der Waals surface area contributed by atoms with Crippen LogP contribution < -0.4 is 5.32 Å². The van der Waals surface area contributed by atoms with E-state index in [1.165, 1.54) is 18.4 Å². The van der Waals surface area contributed by atoms with E-state index in [1.54, 1.807) is 12.1 Å². The predicted octanol–water partition coefficient (Wildman–Crippen LogP) is 3.13. The lowest BCUT2D eigenvalue weighted by molar-refractivity contribution is -0.125. The maximum atomic E-state index is 12.8. The molecule has 0 saturated carbocycles. The SMILES string of the molecule is COC(=O)c1c(NC(=O)[C@H]2Cc3ccccc3C(=O)O2)sc2c1CCCC2. The summed E-state index contributed by atoms with van der Waals surface area (Å²) >= 11 is 1.41. The first-order valence-corrected chi connectivity index (χ1v) is 9.72. The Morgan fingerprint density at radius 1 is 1.22 bits per heavy atom. The first-order chi connectivity index (χ1) is 13.1. The van der Waals surface area contributed by atoms with Crippen LogP contribution in [0.4, 0.5) is 5.00 Å². The molecule has 7 heteroatoms. The summed E-state index contributed by atoms with van der Waals surface area (Å²) in [6.07, 6.45) is 3.17. The van der Waals surface area contributed by atoms with Gasteiger partial charge in [-0.2, -0.15) is 0 Å². The summed E-state index contributed by atoms with van der Waals surface area (Å²) in [6, 6.07) is 7.10. The summed E-state index contributed by atoms with van der Waals surface area (Å²) in [5.74, 6) is -1.38. The molecule has 0 spiro atoms. The fraction of sp³-hybridized carbons (Fsp3) is 0.350. The highest BCUT2D eigenvalue weighted by Crippen LogP contribution is 2.38. The number of amides is 1. The molecule has 0 saturated heterocycles. The zero-order valence-corrected chi connectivity index (χ0v) is 15.7. The molecule has 1 atom stereocenters. The lowest BCUT2D eigenvalue weighted by atomic mass is 9.95. The molecule has 1 aromatic carbocycles. The Kier molecular flexibility index (Phi) is 4.70. The Balaban J connectivity index is 1.60. The van der Waals surface area contributed by atoms with Gasteiger partial charge in [0.2, 0.25) is 0 Å². The number of methoxy groups -OCH3 is 1. The second-order valence-electron chi connectivity index (χ2n) is 6.65. The molecule has 2 heterocycles. The Bertz CT molecular complexity index is 932. The van der Waals surface area contributed by atoms with E-state index in [1.807, 2.05) is 12.1 Å². The van der Waals surface area contributed by atoms with Gasteiger partial charge < -0.3 is 14.8 Å². The van der Waals surface area contributed by atoms with Crippen molar-refractivity contribution in [2.45, 2.75) is 38.2 Å². The van der Waals surface area contributed by atoms with Gasteiger partial charge in [0.15, 0.2) is 6.10 Å². The number of hydrogen-bond acceptors (Lipinski definition) is 6. The van der Waals surface area contributed by atoms with Gasteiger partial charge in [0.1, 0.15) is 5.00 Å². The minimum Gasteiger partial charge on any atom is -0.465 e. The standard InChI is InChI=1S/C20H19NO5S/c1-25-20(24)16-13-8-4-5-9-15(13)27-18(16)21-17(22)14-10-11-6-2-3-7-12(11)19(23)26-14/h2-3,6-7,14H,4-5,8-10H2,1H3,(H,21,22)/t14-/m1/s1. The Morgan fingerprint density at radius 3 is 2.81 bits per heavy atom. The van der Waals surface area contributed by atoms with E-state index in [9.17, 15) is 14.4 Å². The quantitative estimate of drug-likeness (QED) is 0.821. The molecule has 0 bridgehead atoms. The number of benzene rings is 1. The van der Waals surface area contributed by atoms with E-state index in [0.29, 0.717) is 22.5 Å². The van der Waals surface area contributed by atoms with Crippen molar-refractivity contribution in [3.63, 3.8) is 0 Å². The van der Waals surface area contributed by atoms with E-state index in [4.69, 9.17) is 9.47 Å². The van der Waals surface area contributed by atoms with E-state index in [-0.39, 0.29) is 0 Å². The van der Waals surface area contributed by atoms with Gasteiger partial charge in [0.05, 0.1) is 18.2 Å². The van der Waals surface area contributed by atoms with Gasteiger partial charge in [-0.05, 0) is 42.9 Å². The molecule has 6 nitrogen and oxygen atoms in total. The van der Waals surface area contributed by atoms with Gasteiger partial charge in [-0.3, -0.25) is 4.79 Å². The monoisotopic (exact) mass is 385 g/mol. The number of nitrogens with one attached hydrogen (secondary N) is 1. The molecule has 1 amide bonds. The minimum absolute atomic E-state index is 0.312. The number of anilines is 1. The smallest absolute Gasteiger partial charge is 0.341 e. The average Bonchev–Trinajstić information content (AvgIpc) is 3.05. The summed E-state index contributed by atoms with van der Waals surface area (Å²) in [6.45, 7) is 0. The van der Waals surface area contributed by atoms with Crippen LogP contribution in [0.3, 0.4) is 0 Å². The summed E-state index contributed by atoms with van der Waals surface area (Å²) in [7, 11) is 1.33. The highest BCUT2D eigenvalue weighted by atomic mass is 32.1. The Morgan fingerprint density at radius 2 is 2.00 bits per heavy atom. The summed E-state index contributed by atoms with van der Waals surface area (Å²) in [5, 5.41) is 3.29. The summed E-state index contributed by atoms with van der Waals surface area (Å²) < 4.78 is 10.2. The fourth-order valence-corrected chi connectivity index (χ4v) is 4.92. The second kappa shape index (κ2) is 7.15. The van der Waals surface area contributed by atoms with Crippen molar-refractivity contribution in [1.29, 1.82) is 0 Å². The fourth-order valence-electron chi connectivity index (χ4n) is 3.64. The van der Waals surface area contributed by atoms with E-state index >= 15 is 0 Å². The highest BCUT2D eigenvalue weighted by molar-refractivity contribution is 7.17. The molecule has 140 valence electrons. The first kappa shape index (κ1) is 17.7. The van der Waals surface area contributed by atoms with Crippen molar-refractivity contribution in [1.82, 2.24) is 0 Å². The topological polar surface area (TPSA) is 81.7 Å². The number of esters is 2. The molecule has 2 aliphatic rings. The molecule has 1 aliphatic carbocycles. The van der Waals surface area contributed by atoms with Crippen LogP contribution in [-0.2, 0) is 33.5 Å². The van der Waals surface area contributed by atoms with Crippen molar-refractivity contribution >= 4 is 34.2 Å². The molecule has 0 unspecified atom stereocenters. The lowest BCUT2D eigenvalue weighted by Gasteiger charge is -2.23. The molecule has 2 aromatic rings. The Hall–Kier alpha value is -2.67. The molecular formula is C20H19NO5S. The van der Waals surface area contributed by atoms with E-state index < -0.39 is 23.9 Å². The molecule has 1 aliphatic heterocycles. The summed E-state index contributed by atoms with van der Waals surface area (Å²) in [5.41, 5.74) is 2.68. The molecule has 4 rings (SSSR count). The zero-order valence-electron chi connectivity index (χ0n) is 14.9. The number of carbonyl (C=O) groups excluding carboxylic acids is 3. The van der Waals surface area contributed by atoms with Gasteiger partial charge in [-0.25, -0.2) is 9.59 Å². The molecule has 0 fully saturated rings. The molecule has 1 N–H and O–H groups in total. The first-order valence-electron chi connectivity index (χ1n) is 8.91. The molecule has 0 radical (unpaired) electrons. The second-order valence-corrected chi connectivity index (χ2v) is 7.76. The number of rotatable bonds is 3. The van der Waals surface area contributed by atoms with Gasteiger partial charge in [0, 0.05) is 11.3 Å². The van der Waals surface area contributed by atoms with E-state index in [2.05, 4.69) is 5.32 Å². The van der Waals surface area contributed by atoms with Crippen molar-refractivity contribution in [3.05, 3.63) is 51.4 Å². The van der Waals surface area contributed by atoms with Crippen LogP contribution in [-0.4, -0.2) is 31.1 Å². The van der Waals surface area contributed by atoms with Gasteiger partial charge in [0.25, 0.3) is 5.91 Å². The lowest BCUT2D eigenvalue weighted by Crippen LogP contribution is -2.38. The van der Waals surface area contributed by atoms with Crippen LogP contribution in [0.5, 0.6) is 0 Å². The summed E-state index contributed by atoms with van der Waals surface area (Å²) in [4.78, 5) is 38.3. The van der Waals surface area contributed by atoms with Crippen molar-refractivity contribution in [2.75, 3.05) is 12.4 Å². The molecule has 1 aromatic heterocycles. The van der Waals surface area contributed by atoms with Crippen LogP contribution in [0.1, 0.15) is 49.6 Å². The Labute approximate surface area is 160 Å². The number of hydrogen-bond donors (Lipinski definition) is 1. The third-order valence-corrected chi connectivity index (χ3v) is 6.19. The van der Waals surface area contributed by atoms with Crippen LogP contribution >= 0.6 is 11.3 Å². The van der Waals surface area contributed by atoms with Gasteiger partial charge in [-0.15, -0.1) is 11.3 Å². The minimum atomic E-state index is -0.919. The number of carbonyl (C=O) groups is 3. The highest BCUT2D eigenvalue weighted by Gasteiger charge is 2.33.